The molecule has 0 fully saturated rings. The molecule has 0 saturated carbocycles. The van der Waals surface area contributed by atoms with Crippen molar-refractivity contribution in [3.8, 4) is 0 Å². The fourth-order valence-electron chi connectivity index (χ4n) is 2.69. The van der Waals surface area contributed by atoms with E-state index in [1.165, 1.54) is 11.3 Å². The number of carbonyl (C=O) groups is 1. The van der Waals surface area contributed by atoms with E-state index in [2.05, 4.69) is 36.4 Å². The fourth-order valence-corrected chi connectivity index (χ4v) is 3.84. The number of carbonyl (C=O) groups excluding carboxylic acids is 1. The summed E-state index contributed by atoms with van der Waals surface area (Å²) in [6, 6.07) is 15.0. The van der Waals surface area contributed by atoms with Crippen LogP contribution in [0.4, 0.5) is 5.13 Å². The van der Waals surface area contributed by atoms with Crippen LogP contribution in [-0.4, -0.2) is 37.6 Å². The first kappa shape index (κ1) is 17.7. The molecule has 0 radical (unpaired) electrons. The second-order valence-electron chi connectivity index (χ2n) is 5.77. The molecular weight excluding hydrogens is 428 g/mol. The van der Waals surface area contributed by atoms with E-state index in [0.717, 1.165) is 20.5 Å². The molecule has 2 aromatic heterocycles. The van der Waals surface area contributed by atoms with Gasteiger partial charge in [0.1, 0.15) is 10.5 Å². The van der Waals surface area contributed by atoms with Gasteiger partial charge in [-0.25, -0.2) is 4.68 Å². The molecule has 2 heterocycles. The van der Waals surface area contributed by atoms with Crippen LogP contribution in [-0.2, 0) is 6.54 Å². The number of rotatable bonds is 5. The van der Waals surface area contributed by atoms with E-state index in [0.29, 0.717) is 23.8 Å². The standard InChI is InChI=1S/C18H15BrN6OS/c1-2-24(17(26)12-7-9-13(19)10-8-12)18-22-21-16(27-18)11-25-15-6-4-3-5-14(15)20-23-25/h3-10H,2,11H2,1H3. The quantitative estimate of drug-likeness (QED) is 0.470. The highest BCUT2D eigenvalue weighted by Gasteiger charge is 2.20. The van der Waals surface area contributed by atoms with E-state index in [1.54, 1.807) is 21.7 Å². The smallest absolute Gasteiger partial charge is 0.260 e. The van der Waals surface area contributed by atoms with Crippen molar-refractivity contribution in [1.82, 2.24) is 25.2 Å². The Hall–Kier alpha value is -2.65. The molecule has 0 aliphatic heterocycles. The number of anilines is 1. The number of nitrogens with zero attached hydrogens (tertiary/aromatic N) is 6. The van der Waals surface area contributed by atoms with Gasteiger partial charge in [0.15, 0.2) is 0 Å². The summed E-state index contributed by atoms with van der Waals surface area (Å²) in [6.45, 7) is 2.89. The van der Waals surface area contributed by atoms with Crippen molar-refractivity contribution in [1.29, 1.82) is 0 Å². The van der Waals surface area contributed by atoms with Gasteiger partial charge in [0.2, 0.25) is 5.13 Å². The summed E-state index contributed by atoms with van der Waals surface area (Å²) >= 11 is 4.77. The van der Waals surface area contributed by atoms with Crippen molar-refractivity contribution in [2.45, 2.75) is 13.5 Å². The van der Waals surface area contributed by atoms with Gasteiger partial charge < -0.3 is 0 Å². The third-order valence-corrected chi connectivity index (χ3v) is 5.50. The summed E-state index contributed by atoms with van der Waals surface area (Å²) in [7, 11) is 0. The van der Waals surface area contributed by atoms with Crippen LogP contribution in [0.5, 0.6) is 0 Å². The number of halogens is 1. The highest BCUT2D eigenvalue weighted by molar-refractivity contribution is 9.10. The first-order valence-corrected chi connectivity index (χ1v) is 9.94. The second kappa shape index (κ2) is 7.53. The van der Waals surface area contributed by atoms with Crippen molar-refractivity contribution >= 4 is 49.3 Å². The topological polar surface area (TPSA) is 76.8 Å². The van der Waals surface area contributed by atoms with Crippen molar-refractivity contribution in [3.05, 3.63) is 63.6 Å². The summed E-state index contributed by atoms with van der Waals surface area (Å²) in [4.78, 5) is 14.4. The van der Waals surface area contributed by atoms with Gasteiger partial charge in [0.05, 0.1) is 12.1 Å². The molecule has 1 amide bonds. The summed E-state index contributed by atoms with van der Waals surface area (Å²) in [5.74, 6) is -0.0982. The average molecular weight is 443 g/mol. The van der Waals surface area contributed by atoms with Gasteiger partial charge in [-0.3, -0.25) is 9.69 Å². The first-order valence-electron chi connectivity index (χ1n) is 8.33. The molecule has 0 aliphatic rings. The number of hydrogen-bond donors (Lipinski definition) is 0. The summed E-state index contributed by atoms with van der Waals surface area (Å²) in [5.41, 5.74) is 2.38. The molecule has 136 valence electrons. The Labute approximate surface area is 167 Å². The Bertz CT molecular complexity index is 1090. The number of aromatic nitrogens is 5. The highest BCUT2D eigenvalue weighted by atomic mass is 79.9. The number of fused-ring (bicyclic) bond motifs is 1. The number of benzene rings is 2. The third kappa shape index (κ3) is 3.60. The number of amides is 1. The van der Waals surface area contributed by atoms with Crippen LogP contribution in [0.2, 0.25) is 0 Å². The van der Waals surface area contributed by atoms with Crippen molar-refractivity contribution in [2.75, 3.05) is 11.4 Å². The van der Waals surface area contributed by atoms with Crippen LogP contribution in [0.1, 0.15) is 22.3 Å². The lowest BCUT2D eigenvalue weighted by molar-refractivity contribution is 0.0988. The summed E-state index contributed by atoms with van der Waals surface area (Å²) in [5, 5.41) is 18.1. The fraction of sp³-hybridized carbons (Fsp3) is 0.167. The molecule has 0 atom stereocenters. The third-order valence-electron chi connectivity index (χ3n) is 4.04. The Morgan fingerprint density at radius 3 is 2.67 bits per heavy atom. The molecule has 4 aromatic rings. The molecule has 2 aromatic carbocycles. The van der Waals surface area contributed by atoms with E-state index in [-0.39, 0.29) is 5.91 Å². The maximum atomic E-state index is 12.8. The van der Waals surface area contributed by atoms with Crippen LogP contribution in [0.25, 0.3) is 11.0 Å². The minimum atomic E-state index is -0.0982. The molecule has 27 heavy (non-hydrogen) atoms. The van der Waals surface area contributed by atoms with Crippen LogP contribution in [0, 0.1) is 0 Å². The molecule has 0 saturated heterocycles. The Kier molecular flexibility index (Phi) is 4.95. The highest BCUT2D eigenvalue weighted by Crippen LogP contribution is 2.24. The number of para-hydroxylation sites is 1. The largest absolute Gasteiger partial charge is 0.283 e. The zero-order valence-corrected chi connectivity index (χ0v) is 16.8. The molecule has 9 heteroatoms. The lowest BCUT2D eigenvalue weighted by Crippen LogP contribution is -2.30. The lowest BCUT2D eigenvalue weighted by Gasteiger charge is -2.17. The predicted molar refractivity (Wildman–Crippen MR) is 108 cm³/mol. The molecule has 0 bridgehead atoms. The van der Waals surface area contributed by atoms with Gasteiger partial charge in [0, 0.05) is 16.6 Å². The van der Waals surface area contributed by atoms with Gasteiger partial charge in [0.25, 0.3) is 5.91 Å². The Morgan fingerprint density at radius 1 is 1.11 bits per heavy atom. The summed E-state index contributed by atoms with van der Waals surface area (Å²) in [6.07, 6.45) is 0. The Morgan fingerprint density at radius 2 is 1.89 bits per heavy atom. The summed E-state index contributed by atoms with van der Waals surface area (Å²) < 4.78 is 2.72. The maximum Gasteiger partial charge on any atom is 0.260 e. The molecule has 0 aliphatic carbocycles. The van der Waals surface area contributed by atoms with Crippen LogP contribution < -0.4 is 4.90 Å². The molecule has 7 nitrogen and oxygen atoms in total. The minimum Gasteiger partial charge on any atom is -0.283 e. The monoisotopic (exact) mass is 442 g/mol. The molecule has 4 rings (SSSR count). The van der Waals surface area contributed by atoms with Gasteiger partial charge in [-0.15, -0.1) is 15.3 Å². The predicted octanol–water partition coefficient (Wildman–Crippen LogP) is 3.76. The van der Waals surface area contributed by atoms with Crippen LogP contribution in [0.3, 0.4) is 0 Å². The van der Waals surface area contributed by atoms with Gasteiger partial charge in [-0.05, 0) is 43.3 Å². The SMILES string of the molecule is CCN(C(=O)c1ccc(Br)cc1)c1nnc(Cn2nnc3ccccc32)s1. The first-order chi connectivity index (χ1) is 13.2. The molecular formula is C18H15BrN6OS. The van der Waals surface area contributed by atoms with Gasteiger partial charge >= 0.3 is 0 Å². The zero-order chi connectivity index (χ0) is 18.8. The van der Waals surface area contributed by atoms with E-state index in [9.17, 15) is 4.79 Å². The normalized spacial score (nSPS) is 11.0. The van der Waals surface area contributed by atoms with E-state index in [1.807, 2.05) is 43.3 Å². The van der Waals surface area contributed by atoms with E-state index in [4.69, 9.17) is 0 Å². The van der Waals surface area contributed by atoms with Crippen LogP contribution in [0.15, 0.2) is 53.0 Å². The maximum absolute atomic E-state index is 12.8. The second-order valence-corrected chi connectivity index (χ2v) is 7.73. The van der Waals surface area contributed by atoms with E-state index < -0.39 is 0 Å². The van der Waals surface area contributed by atoms with Gasteiger partial charge in [-0.1, -0.05) is 44.6 Å². The molecule has 0 N–H and O–H groups in total. The minimum absolute atomic E-state index is 0.0982. The van der Waals surface area contributed by atoms with Gasteiger partial charge in [-0.2, -0.15) is 0 Å². The Balaban J connectivity index is 1.57. The number of hydrogen-bond acceptors (Lipinski definition) is 6. The average Bonchev–Trinajstić information content (AvgIpc) is 3.31. The molecule has 0 spiro atoms. The van der Waals surface area contributed by atoms with Crippen molar-refractivity contribution < 1.29 is 4.79 Å². The molecule has 0 unspecified atom stereocenters. The van der Waals surface area contributed by atoms with E-state index >= 15 is 0 Å². The zero-order valence-electron chi connectivity index (χ0n) is 14.4. The lowest BCUT2D eigenvalue weighted by atomic mass is 10.2. The van der Waals surface area contributed by atoms with Crippen molar-refractivity contribution in [3.63, 3.8) is 0 Å². The van der Waals surface area contributed by atoms with Crippen molar-refractivity contribution in [2.24, 2.45) is 0 Å². The van der Waals surface area contributed by atoms with Crippen LogP contribution >= 0.6 is 27.3 Å².